The normalized spacial score (nSPS) is 16.1. The standard InChI is InChI=1S/C22H32N2O4/c1-16(2)9-7-5-4-6-8-14-22(19(25)23-21(27)24-20(22)26)15-17-10-12-18(28-3)13-11-17/h10-13,16H,4-9,14-15H2,1-3H3,(H2,23,24,25,26,27). The molecule has 0 aromatic heterocycles. The van der Waals surface area contributed by atoms with Crippen molar-refractivity contribution < 1.29 is 19.1 Å². The summed E-state index contributed by atoms with van der Waals surface area (Å²) in [6, 6.07) is 6.57. The second-order valence-corrected chi connectivity index (χ2v) is 8.04. The summed E-state index contributed by atoms with van der Waals surface area (Å²) in [5.74, 6) is 0.431. The molecule has 28 heavy (non-hydrogen) atoms. The van der Waals surface area contributed by atoms with E-state index in [1.807, 2.05) is 24.3 Å². The van der Waals surface area contributed by atoms with Crippen LogP contribution in [0.2, 0.25) is 0 Å². The van der Waals surface area contributed by atoms with Crippen LogP contribution in [0.25, 0.3) is 0 Å². The van der Waals surface area contributed by atoms with Crippen molar-refractivity contribution in [1.29, 1.82) is 0 Å². The van der Waals surface area contributed by atoms with Gasteiger partial charge in [-0.05, 0) is 36.5 Å². The molecule has 2 N–H and O–H groups in total. The molecule has 1 aromatic carbocycles. The number of imide groups is 2. The lowest BCUT2D eigenvalue weighted by atomic mass is 9.74. The Balaban J connectivity index is 2.01. The summed E-state index contributed by atoms with van der Waals surface area (Å²) >= 11 is 0. The average molecular weight is 389 g/mol. The summed E-state index contributed by atoms with van der Waals surface area (Å²) in [6.07, 6.45) is 7.12. The minimum absolute atomic E-state index is 0.259. The number of methoxy groups -OCH3 is 1. The molecule has 0 spiro atoms. The maximum absolute atomic E-state index is 12.7. The van der Waals surface area contributed by atoms with Crippen LogP contribution in [-0.2, 0) is 16.0 Å². The first-order valence-corrected chi connectivity index (χ1v) is 10.2. The van der Waals surface area contributed by atoms with E-state index in [-0.39, 0.29) is 6.42 Å². The van der Waals surface area contributed by atoms with E-state index in [1.165, 1.54) is 19.3 Å². The Morgan fingerprint density at radius 2 is 1.46 bits per heavy atom. The van der Waals surface area contributed by atoms with Gasteiger partial charge in [0.25, 0.3) is 0 Å². The number of hydrogen-bond acceptors (Lipinski definition) is 4. The SMILES string of the molecule is COc1ccc(CC2(CCCCCCCC(C)C)C(=O)NC(=O)NC2=O)cc1. The number of barbiturate groups is 1. The second kappa shape index (κ2) is 10.2. The Kier molecular flexibility index (Phi) is 8.03. The zero-order valence-electron chi connectivity index (χ0n) is 17.2. The molecule has 0 saturated carbocycles. The number of nitrogens with one attached hydrogen (secondary N) is 2. The maximum atomic E-state index is 12.7. The van der Waals surface area contributed by atoms with E-state index in [0.717, 1.165) is 30.7 Å². The molecule has 1 heterocycles. The number of benzene rings is 1. The number of carbonyl (C=O) groups excluding carboxylic acids is 3. The van der Waals surface area contributed by atoms with Gasteiger partial charge >= 0.3 is 6.03 Å². The van der Waals surface area contributed by atoms with Gasteiger partial charge in [-0.3, -0.25) is 20.2 Å². The number of urea groups is 1. The number of rotatable bonds is 11. The quantitative estimate of drug-likeness (QED) is 0.444. The fourth-order valence-electron chi connectivity index (χ4n) is 3.66. The zero-order chi connectivity index (χ0) is 20.6. The highest BCUT2D eigenvalue weighted by Crippen LogP contribution is 2.33. The molecule has 1 saturated heterocycles. The van der Waals surface area contributed by atoms with Crippen molar-refractivity contribution in [2.24, 2.45) is 11.3 Å². The van der Waals surface area contributed by atoms with Crippen molar-refractivity contribution >= 4 is 17.8 Å². The van der Waals surface area contributed by atoms with E-state index >= 15 is 0 Å². The van der Waals surface area contributed by atoms with Crippen molar-refractivity contribution in [1.82, 2.24) is 10.6 Å². The number of unbranched alkanes of at least 4 members (excludes halogenated alkanes) is 4. The van der Waals surface area contributed by atoms with Crippen LogP contribution in [0.3, 0.4) is 0 Å². The minimum atomic E-state index is -1.25. The molecule has 1 fully saturated rings. The second-order valence-electron chi connectivity index (χ2n) is 8.04. The summed E-state index contributed by atoms with van der Waals surface area (Å²) in [6.45, 7) is 4.45. The van der Waals surface area contributed by atoms with Crippen LogP contribution in [0.4, 0.5) is 4.79 Å². The van der Waals surface area contributed by atoms with E-state index in [9.17, 15) is 14.4 Å². The molecule has 0 bridgehead atoms. The molecule has 1 aliphatic heterocycles. The molecule has 154 valence electrons. The molecule has 0 radical (unpaired) electrons. The summed E-state index contributed by atoms with van der Waals surface area (Å²) < 4.78 is 5.16. The van der Waals surface area contributed by atoms with Crippen molar-refractivity contribution in [3.8, 4) is 5.75 Å². The number of amides is 4. The smallest absolute Gasteiger partial charge is 0.328 e. The van der Waals surface area contributed by atoms with Gasteiger partial charge in [-0.25, -0.2) is 4.79 Å². The van der Waals surface area contributed by atoms with Gasteiger partial charge < -0.3 is 4.74 Å². The van der Waals surface area contributed by atoms with Crippen molar-refractivity contribution in [3.63, 3.8) is 0 Å². The van der Waals surface area contributed by atoms with Gasteiger partial charge in [0.15, 0.2) is 0 Å². The summed E-state index contributed by atoms with van der Waals surface area (Å²) in [5, 5.41) is 4.57. The Hall–Kier alpha value is -2.37. The highest BCUT2D eigenvalue weighted by atomic mass is 16.5. The molecule has 0 aliphatic carbocycles. The Labute approximate surface area is 167 Å². The summed E-state index contributed by atoms with van der Waals surface area (Å²) in [7, 11) is 1.59. The molecular weight excluding hydrogens is 356 g/mol. The van der Waals surface area contributed by atoms with Crippen LogP contribution in [-0.4, -0.2) is 25.0 Å². The average Bonchev–Trinajstić information content (AvgIpc) is 2.65. The van der Waals surface area contributed by atoms with Crippen molar-refractivity contribution in [2.75, 3.05) is 7.11 Å². The van der Waals surface area contributed by atoms with Crippen LogP contribution < -0.4 is 15.4 Å². The Morgan fingerprint density at radius 3 is 2.04 bits per heavy atom. The highest BCUT2D eigenvalue weighted by molar-refractivity contribution is 6.19. The fraction of sp³-hybridized carbons (Fsp3) is 0.591. The number of ether oxygens (including phenoxy) is 1. The van der Waals surface area contributed by atoms with E-state index in [0.29, 0.717) is 12.2 Å². The van der Waals surface area contributed by atoms with E-state index < -0.39 is 23.3 Å². The predicted molar refractivity (Wildman–Crippen MR) is 108 cm³/mol. The summed E-state index contributed by atoms with van der Waals surface area (Å²) in [5.41, 5.74) is -0.391. The van der Waals surface area contributed by atoms with Crippen molar-refractivity contribution in [2.45, 2.75) is 65.2 Å². The van der Waals surface area contributed by atoms with E-state index in [1.54, 1.807) is 7.11 Å². The van der Waals surface area contributed by atoms with Crippen LogP contribution in [0.1, 0.15) is 64.4 Å². The number of hydrogen-bond donors (Lipinski definition) is 2. The lowest BCUT2D eigenvalue weighted by Gasteiger charge is -2.34. The van der Waals surface area contributed by atoms with Gasteiger partial charge in [0.05, 0.1) is 7.11 Å². The van der Waals surface area contributed by atoms with Crippen LogP contribution in [0.15, 0.2) is 24.3 Å². The van der Waals surface area contributed by atoms with Crippen LogP contribution in [0, 0.1) is 11.3 Å². The molecule has 4 amide bonds. The van der Waals surface area contributed by atoms with Gasteiger partial charge in [0.1, 0.15) is 11.2 Å². The first kappa shape index (κ1) is 21.9. The van der Waals surface area contributed by atoms with Crippen LogP contribution >= 0.6 is 0 Å². The Morgan fingerprint density at radius 1 is 0.893 bits per heavy atom. The molecular formula is C22H32N2O4. The molecule has 6 nitrogen and oxygen atoms in total. The van der Waals surface area contributed by atoms with Gasteiger partial charge in [0.2, 0.25) is 11.8 Å². The third kappa shape index (κ3) is 5.81. The lowest BCUT2D eigenvalue weighted by Crippen LogP contribution is -2.63. The lowest BCUT2D eigenvalue weighted by molar-refractivity contribution is -0.145. The molecule has 2 rings (SSSR count). The molecule has 1 aliphatic rings. The molecule has 1 aromatic rings. The first-order valence-electron chi connectivity index (χ1n) is 10.2. The van der Waals surface area contributed by atoms with Crippen molar-refractivity contribution in [3.05, 3.63) is 29.8 Å². The van der Waals surface area contributed by atoms with E-state index in [2.05, 4.69) is 24.5 Å². The first-order chi connectivity index (χ1) is 13.4. The van der Waals surface area contributed by atoms with Gasteiger partial charge in [-0.2, -0.15) is 0 Å². The third-order valence-electron chi connectivity index (χ3n) is 5.37. The monoisotopic (exact) mass is 388 g/mol. The Bertz CT molecular complexity index is 662. The predicted octanol–water partition coefficient (Wildman–Crippen LogP) is 3.98. The highest BCUT2D eigenvalue weighted by Gasteiger charge is 2.49. The topological polar surface area (TPSA) is 84.5 Å². The minimum Gasteiger partial charge on any atom is -0.497 e. The summed E-state index contributed by atoms with van der Waals surface area (Å²) in [4.78, 5) is 36.9. The molecule has 0 atom stereocenters. The third-order valence-corrected chi connectivity index (χ3v) is 5.37. The van der Waals surface area contributed by atoms with Gasteiger partial charge in [-0.15, -0.1) is 0 Å². The molecule has 0 unspecified atom stereocenters. The largest absolute Gasteiger partial charge is 0.497 e. The molecule has 6 heteroatoms. The zero-order valence-corrected chi connectivity index (χ0v) is 17.2. The number of carbonyl (C=O) groups is 3. The van der Waals surface area contributed by atoms with E-state index in [4.69, 9.17) is 4.74 Å². The fourth-order valence-corrected chi connectivity index (χ4v) is 3.66. The van der Waals surface area contributed by atoms with Gasteiger partial charge in [-0.1, -0.05) is 64.5 Å². The maximum Gasteiger partial charge on any atom is 0.328 e. The van der Waals surface area contributed by atoms with Crippen LogP contribution in [0.5, 0.6) is 5.75 Å². The van der Waals surface area contributed by atoms with Gasteiger partial charge in [0, 0.05) is 0 Å².